The van der Waals surface area contributed by atoms with Crippen LogP contribution < -0.4 is 0 Å². The molecule has 0 saturated carbocycles. The predicted molar refractivity (Wildman–Crippen MR) is 86.8 cm³/mol. The minimum atomic E-state index is -0.734. The molecule has 0 aromatic heterocycles. The van der Waals surface area contributed by atoms with Gasteiger partial charge in [0.25, 0.3) is 0 Å². The van der Waals surface area contributed by atoms with E-state index in [1.807, 2.05) is 0 Å². The van der Waals surface area contributed by atoms with Gasteiger partial charge in [-0.15, -0.1) is 0 Å². The summed E-state index contributed by atoms with van der Waals surface area (Å²) in [5.74, 6) is 0. The zero-order chi connectivity index (χ0) is 16.6. The van der Waals surface area contributed by atoms with E-state index in [9.17, 15) is 10.2 Å². The van der Waals surface area contributed by atoms with Crippen LogP contribution in [-0.4, -0.2) is 47.3 Å². The summed E-state index contributed by atoms with van der Waals surface area (Å²) >= 11 is 0. The van der Waals surface area contributed by atoms with E-state index in [-0.39, 0.29) is 16.9 Å². The topological polar surface area (TPSA) is 58.9 Å². The maximum atomic E-state index is 10.9. The van der Waals surface area contributed by atoms with Gasteiger partial charge in [-0.2, -0.15) is 0 Å². The van der Waals surface area contributed by atoms with Crippen LogP contribution >= 0.6 is 0 Å². The first-order valence-corrected chi connectivity index (χ1v) is 8.63. The van der Waals surface area contributed by atoms with Crippen molar-refractivity contribution >= 4 is 0 Å². The molecule has 2 fully saturated rings. The van der Waals surface area contributed by atoms with Crippen molar-refractivity contribution in [2.24, 2.45) is 10.8 Å². The molecule has 3 unspecified atom stereocenters. The molecule has 2 aliphatic heterocycles. The smallest absolute Gasteiger partial charge is 0.0952 e. The lowest BCUT2D eigenvalue weighted by atomic mass is 9.68. The van der Waals surface area contributed by atoms with E-state index < -0.39 is 11.2 Å². The van der Waals surface area contributed by atoms with Crippen LogP contribution in [0.25, 0.3) is 0 Å². The molecule has 2 saturated heterocycles. The van der Waals surface area contributed by atoms with Crippen molar-refractivity contribution in [3.05, 3.63) is 0 Å². The highest BCUT2D eigenvalue weighted by atomic mass is 16.5. The Morgan fingerprint density at radius 1 is 1.00 bits per heavy atom. The summed E-state index contributed by atoms with van der Waals surface area (Å²) in [5, 5.41) is 21.7. The van der Waals surface area contributed by atoms with E-state index in [0.29, 0.717) is 39.1 Å². The molecule has 0 aromatic rings. The van der Waals surface area contributed by atoms with Crippen molar-refractivity contribution < 1.29 is 19.7 Å². The molecule has 130 valence electrons. The third-order valence-electron chi connectivity index (χ3n) is 6.18. The summed E-state index contributed by atoms with van der Waals surface area (Å²) in [4.78, 5) is 0. The summed E-state index contributed by atoms with van der Waals surface area (Å²) < 4.78 is 11.3. The summed E-state index contributed by atoms with van der Waals surface area (Å²) in [6.45, 7) is 12.2. The lowest BCUT2D eigenvalue weighted by Crippen LogP contribution is -2.50. The number of rotatable bonds is 4. The Hall–Kier alpha value is -0.160. The zero-order valence-electron chi connectivity index (χ0n) is 14.9. The molecule has 0 aromatic carbocycles. The molecule has 0 radical (unpaired) electrons. The Morgan fingerprint density at radius 2 is 1.64 bits per heavy atom. The van der Waals surface area contributed by atoms with Crippen molar-refractivity contribution in [1.29, 1.82) is 0 Å². The normalized spacial score (nSPS) is 37.5. The molecule has 0 aliphatic carbocycles. The average molecular weight is 314 g/mol. The second-order valence-electron chi connectivity index (χ2n) is 8.99. The summed E-state index contributed by atoms with van der Waals surface area (Å²) in [6.07, 6.45) is 3.90. The maximum Gasteiger partial charge on any atom is 0.0952 e. The molecule has 3 atom stereocenters. The van der Waals surface area contributed by atoms with Crippen LogP contribution in [0.5, 0.6) is 0 Å². The molecule has 0 spiro atoms. The van der Waals surface area contributed by atoms with Crippen molar-refractivity contribution in [2.75, 3.05) is 19.8 Å². The molecule has 0 amide bonds. The molecule has 22 heavy (non-hydrogen) atoms. The van der Waals surface area contributed by atoms with Crippen LogP contribution in [0.4, 0.5) is 0 Å². The van der Waals surface area contributed by atoms with Gasteiger partial charge in [0.2, 0.25) is 0 Å². The van der Waals surface area contributed by atoms with E-state index in [0.717, 1.165) is 12.8 Å². The SMILES string of the molecule is CC(C)(C)C1(O)CCOC(CCC(C)(C)C2(O)CCOC2)C1. The molecule has 2 rings (SSSR count). The second kappa shape index (κ2) is 6.04. The van der Waals surface area contributed by atoms with Gasteiger partial charge >= 0.3 is 0 Å². The fourth-order valence-electron chi connectivity index (χ4n) is 3.64. The van der Waals surface area contributed by atoms with E-state index in [2.05, 4.69) is 34.6 Å². The summed E-state index contributed by atoms with van der Waals surface area (Å²) in [7, 11) is 0. The van der Waals surface area contributed by atoms with Crippen LogP contribution in [0.2, 0.25) is 0 Å². The van der Waals surface area contributed by atoms with Gasteiger partial charge in [-0.05, 0) is 23.7 Å². The number of hydrogen-bond acceptors (Lipinski definition) is 4. The second-order valence-corrected chi connectivity index (χ2v) is 8.99. The van der Waals surface area contributed by atoms with Crippen LogP contribution in [0.1, 0.15) is 66.7 Å². The minimum absolute atomic E-state index is 0.0724. The van der Waals surface area contributed by atoms with Gasteiger partial charge in [0.05, 0.1) is 23.9 Å². The van der Waals surface area contributed by atoms with Gasteiger partial charge in [-0.3, -0.25) is 0 Å². The number of aliphatic hydroxyl groups is 2. The molecule has 4 heteroatoms. The lowest BCUT2D eigenvalue weighted by molar-refractivity contribution is -0.158. The van der Waals surface area contributed by atoms with E-state index in [1.54, 1.807) is 0 Å². The third kappa shape index (κ3) is 3.50. The van der Waals surface area contributed by atoms with Gasteiger partial charge in [-0.1, -0.05) is 34.6 Å². The monoisotopic (exact) mass is 314 g/mol. The maximum absolute atomic E-state index is 10.9. The molecule has 2 heterocycles. The van der Waals surface area contributed by atoms with Gasteiger partial charge in [0.1, 0.15) is 0 Å². The first-order chi connectivity index (χ1) is 9.99. The first-order valence-electron chi connectivity index (χ1n) is 8.63. The van der Waals surface area contributed by atoms with Crippen molar-refractivity contribution in [3.8, 4) is 0 Å². The van der Waals surface area contributed by atoms with Crippen LogP contribution in [0.3, 0.4) is 0 Å². The standard InChI is InChI=1S/C18H34O4/c1-15(2,3)17(19)9-11-22-14(12-17)6-7-16(4,5)18(20)8-10-21-13-18/h14,19-20H,6-13H2,1-5H3. The molecular weight excluding hydrogens is 280 g/mol. The van der Waals surface area contributed by atoms with Crippen molar-refractivity contribution in [2.45, 2.75) is 84.0 Å². The Labute approximate surface area is 135 Å². The van der Waals surface area contributed by atoms with Gasteiger partial charge < -0.3 is 19.7 Å². The minimum Gasteiger partial charge on any atom is -0.389 e. The molecule has 0 bridgehead atoms. The van der Waals surface area contributed by atoms with E-state index in [1.165, 1.54) is 0 Å². The molecule has 4 nitrogen and oxygen atoms in total. The Bertz CT molecular complexity index is 379. The quantitative estimate of drug-likeness (QED) is 0.838. The molecule has 2 aliphatic rings. The highest BCUT2D eigenvalue weighted by Crippen LogP contribution is 2.44. The van der Waals surface area contributed by atoms with Gasteiger partial charge in [-0.25, -0.2) is 0 Å². The highest BCUT2D eigenvalue weighted by molar-refractivity contribution is 4.98. The summed E-state index contributed by atoms with van der Waals surface area (Å²) in [6, 6.07) is 0. The fraction of sp³-hybridized carbons (Fsp3) is 1.00. The van der Waals surface area contributed by atoms with Crippen molar-refractivity contribution in [3.63, 3.8) is 0 Å². The van der Waals surface area contributed by atoms with Crippen molar-refractivity contribution in [1.82, 2.24) is 0 Å². The average Bonchev–Trinajstić information content (AvgIpc) is 2.84. The van der Waals surface area contributed by atoms with E-state index in [4.69, 9.17) is 9.47 Å². The van der Waals surface area contributed by atoms with Crippen LogP contribution in [-0.2, 0) is 9.47 Å². The first kappa shape index (κ1) is 18.2. The lowest BCUT2D eigenvalue weighted by Gasteiger charge is -2.46. The van der Waals surface area contributed by atoms with Crippen LogP contribution in [0.15, 0.2) is 0 Å². The highest BCUT2D eigenvalue weighted by Gasteiger charge is 2.48. The largest absolute Gasteiger partial charge is 0.389 e. The Morgan fingerprint density at radius 3 is 2.18 bits per heavy atom. The van der Waals surface area contributed by atoms with Gasteiger partial charge in [0.15, 0.2) is 0 Å². The summed E-state index contributed by atoms with van der Waals surface area (Å²) in [5.41, 5.74) is -1.73. The number of ether oxygens (including phenoxy) is 2. The van der Waals surface area contributed by atoms with Gasteiger partial charge in [0, 0.05) is 32.5 Å². The van der Waals surface area contributed by atoms with E-state index >= 15 is 0 Å². The number of hydrogen-bond donors (Lipinski definition) is 2. The predicted octanol–water partition coefficient (Wildman–Crippen LogP) is 2.90. The Balaban J connectivity index is 1.94. The Kier molecular flexibility index (Phi) is 5.00. The van der Waals surface area contributed by atoms with Crippen LogP contribution in [0, 0.1) is 10.8 Å². The molecule has 2 N–H and O–H groups in total. The third-order valence-corrected chi connectivity index (χ3v) is 6.18. The molecular formula is C18H34O4. The fourth-order valence-corrected chi connectivity index (χ4v) is 3.64. The zero-order valence-corrected chi connectivity index (χ0v) is 14.9.